The molecule has 5 nitrogen and oxygen atoms in total. The van der Waals surface area contributed by atoms with E-state index in [0.717, 1.165) is 18.7 Å². The highest BCUT2D eigenvalue weighted by molar-refractivity contribution is 5.94. The van der Waals surface area contributed by atoms with Crippen molar-refractivity contribution in [2.45, 2.75) is 26.6 Å². The van der Waals surface area contributed by atoms with E-state index in [4.69, 9.17) is 9.47 Å². The Morgan fingerprint density at radius 3 is 2.59 bits per heavy atom. The summed E-state index contributed by atoms with van der Waals surface area (Å²) in [4.78, 5) is 18.8. The summed E-state index contributed by atoms with van der Waals surface area (Å²) < 4.78 is 49.0. The average Bonchev–Trinajstić information content (AvgIpc) is 2.70. The monoisotopic (exact) mass is 408 g/mol. The molecule has 0 fully saturated rings. The number of alkyl halides is 3. The lowest BCUT2D eigenvalue weighted by Crippen LogP contribution is -2.14. The Kier molecular flexibility index (Phi) is 7.25. The fraction of sp³-hybridized carbons (Fsp3) is 0.333. The summed E-state index contributed by atoms with van der Waals surface area (Å²) in [5.41, 5.74) is 0.921. The first-order valence-corrected chi connectivity index (χ1v) is 8.92. The molecule has 8 heteroatoms. The number of benzene rings is 2. The van der Waals surface area contributed by atoms with E-state index < -0.39 is 17.7 Å². The molecule has 2 rings (SSSR count). The molecule has 0 saturated carbocycles. The van der Waals surface area contributed by atoms with Gasteiger partial charge in [0.05, 0.1) is 24.7 Å². The van der Waals surface area contributed by atoms with E-state index in [0.29, 0.717) is 17.0 Å². The quantitative estimate of drug-likeness (QED) is 0.368. The Labute approximate surface area is 167 Å². The predicted octanol–water partition coefficient (Wildman–Crippen LogP) is 4.99. The SMILES string of the molecule is CCN(C)C=Nc1ccc(C(=O)OCc2cccc(C(F)(F)F)c2)c(OC)c1C. The number of rotatable bonds is 7. The van der Waals surface area contributed by atoms with Gasteiger partial charge in [0.2, 0.25) is 0 Å². The molecule has 2 aromatic rings. The molecule has 0 unspecified atom stereocenters. The third kappa shape index (κ3) is 5.73. The van der Waals surface area contributed by atoms with Crippen molar-refractivity contribution in [3.8, 4) is 5.75 Å². The van der Waals surface area contributed by atoms with Crippen molar-refractivity contribution >= 4 is 18.0 Å². The molecular formula is C21H23F3N2O3. The van der Waals surface area contributed by atoms with Gasteiger partial charge in [-0.15, -0.1) is 0 Å². The summed E-state index contributed by atoms with van der Waals surface area (Å²) in [5, 5.41) is 0. The lowest BCUT2D eigenvalue weighted by atomic mass is 10.1. The standard InChI is InChI=1S/C21H23F3N2O3/c1-5-26(3)13-25-18-10-9-17(19(28-4)14(18)2)20(27)29-12-15-7-6-8-16(11-15)21(22,23)24/h6-11,13H,5,12H2,1-4H3. The van der Waals surface area contributed by atoms with Crippen LogP contribution >= 0.6 is 0 Å². The highest BCUT2D eigenvalue weighted by atomic mass is 19.4. The first kappa shape index (κ1) is 22.3. The van der Waals surface area contributed by atoms with Gasteiger partial charge in [-0.05, 0) is 43.7 Å². The van der Waals surface area contributed by atoms with Crippen LogP contribution < -0.4 is 4.74 Å². The smallest absolute Gasteiger partial charge is 0.416 e. The number of ether oxygens (including phenoxy) is 2. The minimum absolute atomic E-state index is 0.180. The molecule has 0 aliphatic carbocycles. The first-order valence-electron chi connectivity index (χ1n) is 8.92. The maximum atomic E-state index is 12.8. The van der Waals surface area contributed by atoms with Crippen LogP contribution in [0.4, 0.5) is 18.9 Å². The van der Waals surface area contributed by atoms with Crippen LogP contribution in [0.25, 0.3) is 0 Å². The van der Waals surface area contributed by atoms with Crippen LogP contribution in [-0.2, 0) is 17.5 Å². The molecule has 29 heavy (non-hydrogen) atoms. The highest BCUT2D eigenvalue weighted by Gasteiger charge is 2.30. The van der Waals surface area contributed by atoms with Crippen LogP contribution in [-0.4, -0.2) is 37.9 Å². The Balaban J connectivity index is 2.19. The molecule has 0 N–H and O–H groups in total. The number of carbonyl (C=O) groups is 1. The van der Waals surface area contributed by atoms with Crippen molar-refractivity contribution in [2.75, 3.05) is 20.7 Å². The number of hydrogen-bond acceptors (Lipinski definition) is 4. The molecule has 156 valence electrons. The van der Waals surface area contributed by atoms with Crippen molar-refractivity contribution in [3.05, 3.63) is 58.7 Å². The lowest BCUT2D eigenvalue weighted by molar-refractivity contribution is -0.137. The summed E-state index contributed by atoms with van der Waals surface area (Å²) in [6.07, 6.45) is -2.78. The van der Waals surface area contributed by atoms with E-state index in [1.54, 1.807) is 19.3 Å². The maximum absolute atomic E-state index is 12.8. The summed E-state index contributed by atoms with van der Waals surface area (Å²) in [5.74, 6) is -0.378. The van der Waals surface area contributed by atoms with Gasteiger partial charge in [-0.25, -0.2) is 9.79 Å². The molecule has 0 heterocycles. The van der Waals surface area contributed by atoms with Crippen molar-refractivity contribution in [2.24, 2.45) is 4.99 Å². The lowest BCUT2D eigenvalue weighted by Gasteiger charge is -2.14. The van der Waals surface area contributed by atoms with Crippen molar-refractivity contribution in [3.63, 3.8) is 0 Å². The highest BCUT2D eigenvalue weighted by Crippen LogP contribution is 2.33. The van der Waals surface area contributed by atoms with Crippen molar-refractivity contribution < 1.29 is 27.4 Å². The minimum atomic E-state index is -4.46. The number of carbonyl (C=O) groups excluding carboxylic acids is 1. The van der Waals surface area contributed by atoms with Crippen molar-refractivity contribution in [1.82, 2.24) is 4.90 Å². The molecule has 0 aromatic heterocycles. The van der Waals surface area contributed by atoms with E-state index in [1.165, 1.54) is 25.3 Å². The van der Waals surface area contributed by atoms with Crippen LogP contribution in [0.3, 0.4) is 0 Å². The van der Waals surface area contributed by atoms with Crippen LogP contribution in [0.15, 0.2) is 41.4 Å². The molecule has 0 radical (unpaired) electrons. The van der Waals surface area contributed by atoms with Gasteiger partial charge in [0.25, 0.3) is 0 Å². The fourth-order valence-electron chi connectivity index (χ4n) is 2.55. The molecule has 0 aliphatic rings. The van der Waals surface area contributed by atoms with Gasteiger partial charge in [-0.2, -0.15) is 13.2 Å². The number of esters is 1. The summed E-state index contributed by atoms with van der Waals surface area (Å²) in [6.45, 7) is 4.26. The third-order valence-electron chi connectivity index (χ3n) is 4.32. The van der Waals surface area contributed by atoms with E-state index in [-0.39, 0.29) is 17.7 Å². The van der Waals surface area contributed by atoms with Gasteiger partial charge < -0.3 is 14.4 Å². The molecule has 0 aliphatic heterocycles. The van der Waals surface area contributed by atoms with Crippen LogP contribution in [0.2, 0.25) is 0 Å². The molecule has 0 atom stereocenters. The second kappa shape index (κ2) is 9.45. The molecule has 0 amide bonds. The first-order chi connectivity index (χ1) is 13.7. The topological polar surface area (TPSA) is 51.1 Å². The van der Waals surface area contributed by atoms with Crippen LogP contribution in [0.1, 0.15) is 34.0 Å². The fourth-order valence-corrected chi connectivity index (χ4v) is 2.55. The minimum Gasteiger partial charge on any atom is -0.495 e. The van der Waals surface area contributed by atoms with Gasteiger partial charge in [0.1, 0.15) is 17.9 Å². The zero-order chi connectivity index (χ0) is 21.6. The number of halogens is 3. The summed E-state index contributed by atoms with van der Waals surface area (Å²) >= 11 is 0. The van der Waals surface area contributed by atoms with E-state index in [1.807, 2.05) is 18.9 Å². The zero-order valence-corrected chi connectivity index (χ0v) is 16.7. The van der Waals surface area contributed by atoms with E-state index >= 15 is 0 Å². The normalized spacial score (nSPS) is 11.6. The van der Waals surface area contributed by atoms with Gasteiger partial charge in [0, 0.05) is 19.2 Å². The largest absolute Gasteiger partial charge is 0.495 e. The van der Waals surface area contributed by atoms with Crippen molar-refractivity contribution in [1.29, 1.82) is 0 Å². The van der Waals surface area contributed by atoms with Gasteiger partial charge >= 0.3 is 12.1 Å². The van der Waals surface area contributed by atoms with Crippen LogP contribution in [0, 0.1) is 6.92 Å². The third-order valence-corrected chi connectivity index (χ3v) is 4.32. The number of methoxy groups -OCH3 is 1. The van der Waals surface area contributed by atoms with Crippen LogP contribution in [0.5, 0.6) is 5.75 Å². The Bertz CT molecular complexity index is 895. The number of hydrogen-bond donors (Lipinski definition) is 0. The number of aliphatic imine (C=N–C) groups is 1. The Hall–Kier alpha value is -3.03. The Morgan fingerprint density at radius 1 is 1.24 bits per heavy atom. The number of nitrogens with zero attached hydrogens (tertiary/aromatic N) is 2. The Morgan fingerprint density at radius 2 is 1.97 bits per heavy atom. The van der Waals surface area contributed by atoms with Gasteiger partial charge in [0.15, 0.2) is 0 Å². The molecule has 0 spiro atoms. The van der Waals surface area contributed by atoms with Gasteiger partial charge in [-0.1, -0.05) is 12.1 Å². The second-order valence-electron chi connectivity index (χ2n) is 6.38. The van der Waals surface area contributed by atoms with E-state index in [9.17, 15) is 18.0 Å². The summed E-state index contributed by atoms with van der Waals surface area (Å²) in [6, 6.07) is 7.85. The van der Waals surface area contributed by atoms with Gasteiger partial charge in [-0.3, -0.25) is 0 Å². The molecular weight excluding hydrogens is 385 g/mol. The summed E-state index contributed by atoms with van der Waals surface area (Å²) in [7, 11) is 3.31. The molecule has 0 saturated heterocycles. The maximum Gasteiger partial charge on any atom is 0.416 e. The zero-order valence-electron chi connectivity index (χ0n) is 16.7. The molecule has 0 bridgehead atoms. The predicted molar refractivity (Wildman–Crippen MR) is 105 cm³/mol. The van der Waals surface area contributed by atoms with E-state index in [2.05, 4.69) is 4.99 Å². The molecule has 2 aromatic carbocycles. The average molecular weight is 408 g/mol. The second-order valence-corrected chi connectivity index (χ2v) is 6.38.